The van der Waals surface area contributed by atoms with E-state index in [1.165, 1.54) is 36.9 Å². The van der Waals surface area contributed by atoms with Gasteiger partial charge < -0.3 is 19.9 Å². The third-order valence-electron chi connectivity index (χ3n) is 8.15. The summed E-state index contributed by atoms with van der Waals surface area (Å²) < 4.78 is 5.47. The van der Waals surface area contributed by atoms with E-state index in [0.717, 1.165) is 68.9 Å². The van der Waals surface area contributed by atoms with Crippen LogP contribution in [-0.4, -0.2) is 69.9 Å². The van der Waals surface area contributed by atoms with Crippen molar-refractivity contribution < 1.29 is 9.53 Å². The van der Waals surface area contributed by atoms with Gasteiger partial charge in [0.15, 0.2) is 5.82 Å². The molecule has 9 nitrogen and oxygen atoms in total. The van der Waals surface area contributed by atoms with Gasteiger partial charge in [0.25, 0.3) is 0 Å². The van der Waals surface area contributed by atoms with Crippen molar-refractivity contribution in [2.75, 3.05) is 37.0 Å². The van der Waals surface area contributed by atoms with E-state index in [2.05, 4.69) is 26.5 Å². The Morgan fingerprint density at radius 1 is 1.09 bits per heavy atom. The molecule has 0 spiro atoms. The lowest BCUT2D eigenvalue weighted by atomic mass is 10.0. The quantitative estimate of drug-likeness (QED) is 0.675. The van der Waals surface area contributed by atoms with E-state index < -0.39 is 0 Å². The molecular formula is C25H35N7O2. The van der Waals surface area contributed by atoms with Crippen LogP contribution in [0.3, 0.4) is 0 Å². The summed E-state index contributed by atoms with van der Waals surface area (Å²) in [4.78, 5) is 27.4. The highest BCUT2D eigenvalue weighted by Gasteiger charge is 2.38. The molecule has 6 rings (SSSR count). The molecule has 1 amide bonds. The van der Waals surface area contributed by atoms with Gasteiger partial charge in [-0.15, -0.1) is 0 Å². The normalized spacial score (nSPS) is 24.9. The number of amides is 1. The number of carbonyl (C=O) groups excluding carboxylic acids is 1. The van der Waals surface area contributed by atoms with Crippen LogP contribution >= 0.6 is 0 Å². The predicted molar refractivity (Wildman–Crippen MR) is 129 cm³/mol. The molecule has 3 fully saturated rings. The number of ether oxygens (including phenoxy) is 1. The number of rotatable bonds is 6. The molecule has 2 aliphatic heterocycles. The van der Waals surface area contributed by atoms with E-state index in [4.69, 9.17) is 14.7 Å². The molecule has 9 heteroatoms. The molecule has 1 unspecified atom stereocenters. The lowest BCUT2D eigenvalue weighted by Crippen LogP contribution is -2.46. The molecule has 2 aromatic rings. The molecule has 2 aliphatic carbocycles. The fraction of sp³-hybridized carbons (Fsp3) is 0.680. The number of aromatic nitrogens is 4. The van der Waals surface area contributed by atoms with Gasteiger partial charge in [-0.25, -0.2) is 4.98 Å². The number of likely N-dealkylation sites (tertiary alicyclic amines) is 1. The molecule has 2 saturated heterocycles. The highest BCUT2D eigenvalue weighted by Crippen LogP contribution is 2.36. The molecular weight excluding hydrogens is 430 g/mol. The number of aryl methyl sites for hydroxylation is 1. The van der Waals surface area contributed by atoms with Gasteiger partial charge in [-0.1, -0.05) is 12.8 Å². The van der Waals surface area contributed by atoms with Crippen LogP contribution in [0, 0.1) is 0 Å². The molecule has 1 saturated carbocycles. The molecule has 182 valence electrons. The molecule has 4 aliphatic rings. The third-order valence-corrected chi connectivity index (χ3v) is 8.15. The standard InChI is InChI=1S/C25H35N7O2/c1-34-17-11-13-31(15-17)24(33)21-10-5-12-32(21)25-26-19-9-4-8-18(19)23(28-25)27-22-14-20(29-30-22)16-6-2-3-7-16/h14,16-17,21H,2-13,15H2,1H3,(H2,26,27,28,29,30)/t17-,21?/m0/s1. The second kappa shape index (κ2) is 9.17. The Balaban J connectivity index is 1.24. The van der Waals surface area contributed by atoms with E-state index in [1.54, 1.807) is 7.11 Å². The number of nitrogens with one attached hydrogen (secondary N) is 2. The van der Waals surface area contributed by atoms with E-state index in [1.807, 2.05) is 4.90 Å². The number of carbonyl (C=O) groups is 1. The van der Waals surface area contributed by atoms with Crippen molar-refractivity contribution in [1.82, 2.24) is 25.1 Å². The van der Waals surface area contributed by atoms with Gasteiger partial charge in [0.05, 0.1) is 11.8 Å². The largest absolute Gasteiger partial charge is 0.380 e. The summed E-state index contributed by atoms with van der Waals surface area (Å²) in [5, 5.41) is 11.3. The van der Waals surface area contributed by atoms with Crippen LogP contribution < -0.4 is 10.2 Å². The molecule has 2 N–H and O–H groups in total. The number of methoxy groups -OCH3 is 1. The zero-order chi connectivity index (χ0) is 23.1. The minimum Gasteiger partial charge on any atom is -0.380 e. The molecule has 4 heterocycles. The van der Waals surface area contributed by atoms with E-state index in [0.29, 0.717) is 18.4 Å². The van der Waals surface area contributed by atoms with E-state index in [-0.39, 0.29) is 18.1 Å². The number of anilines is 3. The van der Waals surface area contributed by atoms with Crippen molar-refractivity contribution in [3.63, 3.8) is 0 Å². The maximum absolute atomic E-state index is 13.4. The van der Waals surface area contributed by atoms with Crippen LogP contribution in [0.25, 0.3) is 0 Å². The SMILES string of the molecule is CO[C@H]1CCN(C(=O)C2CCCN2c2nc3c(c(Nc4cc(C5CCCC5)[nH]n4)n2)CCC3)C1. The van der Waals surface area contributed by atoms with Crippen LogP contribution in [0.1, 0.15) is 74.2 Å². The Morgan fingerprint density at radius 3 is 2.79 bits per heavy atom. The summed E-state index contributed by atoms with van der Waals surface area (Å²) in [5.41, 5.74) is 3.52. The minimum absolute atomic E-state index is 0.147. The predicted octanol–water partition coefficient (Wildman–Crippen LogP) is 3.31. The van der Waals surface area contributed by atoms with Crippen molar-refractivity contribution in [2.24, 2.45) is 0 Å². The van der Waals surface area contributed by atoms with Crippen molar-refractivity contribution in [3.05, 3.63) is 23.0 Å². The fourth-order valence-corrected chi connectivity index (χ4v) is 6.21. The molecule has 0 radical (unpaired) electrons. The number of hydrogen-bond acceptors (Lipinski definition) is 7. The number of aromatic amines is 1. The summed E-state index contributed by atoms with van der Waals surface area (Å²) in [5.74, 6) is 3.12. The molecule has 0 bridgehead atoms. The van der Waals surface area contributed by atoms with Gasteiger partial charge in [0.2, 0.25) is 11.9 Å². The van der Waals surface area contributed by atoms with Crippen LogP contribution in [0.15, 0.2) is 6.07 Å². The zero-order valence-electron chi connectivity index (χ0n) is 20.1. The first-order chi connectivity index (χ1) is 16.7. The van der Waals surface area contributed by atoms with Gasteiger partial charge >= 0.3 is 0 Å². The van der Waals surface area contributed by atoms with Gasteiger partial charge in [-0.3, -0.25) is 9.89 Å². The zero-order valence-corrected chi connectivity index (χ0v) is 20.1. The van der Waals surface area contributed by atoms with Crippen LogP contribution in [0.4, 0.5) is 17.6 Å². The Bertz CT molecular complexity index is 1050. The summed E-state index contributed by atoms with van der Waals surface area (Å²) in [6.07, 6.45) is 11.0. The smallest absolute Gasteiger partial charge is 0.245 e. The highest BCUT2D eigenvalue weighted by atomic mass is 16.5. The maximum atomic E-state index is 13.4. The van der Waals surface area contributed by atoms with E-state index in [9.17, 15) is 4.79 Å². The summed E-state index contributed by atoms with van der Waals surface area (Å²) >= 11 is 0. The Hall–Kier alpha value is -2.68. The number of H-pyrrole nitrogens is 1. The van der Waals surface area contributed by atoms with Crippen molar-refractivity contribution in [3.8, 4) is 0 Å². The maximum Gasteiger partial charge on any atom is 0.245 e. The first-order valence-corrected chi connectivity index (χ1v) is 13.0. The first-order valence-electron chi connectivity index (χ1n) is 13.0. The van der Waals surface area contributed by atoms with E-state index >= 15 is 0 Å². The fourth-order valence-electron chi connectivity index (χ4n) is 6.21. The van der Waals surface area contributed by atoms with Crippen LogP contribution in [0.2, 0.25) is 0 Å². The average molecular weight is 466 g/mol. The number of fused-ring (bicyclic) bond motifs is 1. The molecule has 0 aromatic carbocycles. The van der Waals surface area contributed by atoms with Crippen LogP contribution in [0.5, 0.6) is 0 Å². The second-order valence-electron chi connectivity index (χ2n) is 10.2. The topological polar surface area (TPSA) is 99.3 Å². The number of nitrogens with zero attached hydrogens (tertiary/aromatic N) is 5. The Labute approximate surface area is 200 Å². The van der Waals surface area contributed by atoms with Gasteiger partial charge in [0, 0.05) is 50.0 Å². The van der Waals surface area contributed by atoms with Gasteiger partial charge in [0.1, 0.15) is 11.9 Å². The Kier molecular flexibility index (Phi) is 5.89. The molecule has 2 atom stereocenters. The third kappa shape index (κ3) is 4.04. The van der Waals surface area contributed by atoms with Gasteiger partial charge in [-0.2, -0.15) is 10.1 Å². The van der Waals surface area contributed by atoms with Gasteiger partial charge in [-0.05, 0) is 51.4 Å². The minimum atomic E-state index is -0.192. The second-order valence-corrected chi connectivity index (χ2v) is 10.2. The lowest BCUT2D eigenvalue weighted by Gasteiger charge is -2.28. The van der Waals surface area contributed by atoms with Crippen molar-refractivity contribution in [2.45, 2.75) is 82.3 Å². The monoisotopic (exact) mass is 465 g/mol. The highest BCUT2D eigenvalue weighted by molar-refractivity contribution is 5.85. The summed E-state index contributed by atoms with van der Waals surface area (Å²) in [6, 6.07) is 1.95. The summed E-state index contributed by atoms with van der Waals surface area (Å²) in [7, 11) is 1.73. The lowest BCUT2D eigenvalue weighted by molar-refractivity contribution is -0.131. The average Bonchev–Trinajstić information content (AvgIpc) is 3.68. The summed E-state index contributed by atoms with van der Waals surface area (Å²) in [6.45, 7) is 2.26. The molecule has 34 heavy (non-hydrogen) atoms. The first kappa shape index (κ1) is 21.8. The van der Waals surface area contributed by atoms with Crippen molar-refractivity contribution >= 4 is 23.5 Å². The van der Waals surface area contributed by atoms with Crippen molar-refractivity contribution in [1.29, 1.82) is 0 Å². The number of hydrogen-bond donors (Lipinski definition) is 2. The van der Waals surface area contributed by atoms with Crippen LogP contribution in [-0.2, 0) is 22.4 Å². The molecule has 2 aromatic heterocycles. The Morgan fingerprint density at radius 2 is 1.97 bits per heavy atom.